The average Bonchev–Trinajstić information content (AvgIpc) is 3.79. The van der Waals surface area contributed by atoms with E-state index < -0.39 is 0 Å². The first-order valence-electron chi connectivity index (χ1n) is 13.2. The van der Waals surface area contributed by atoms with Crippen LogP contribution in [0, 0.1) is 5.92 Å². The van der Waals surface area contributed by atoms with E-state index in [1.54, 1.807) is 30.2 Å². The summed E-state index contributed by atoms with van der Waals surface area (Å²) in [6.07, 6.45) is 2.94. The topological polar surface area (TPSA) is 78.9 Å². The summed E-state index contributed by atoms with van der Waals surface area (Å²) < 4.78 is 5.22. The number of ether oxygens (including phenoxy) is 1. The number of methoxy groups -OCH3 is 1. The van der Waals surface area contributed by atoms with Crippen molar-refractivity contribution in [2.45, 2.75) is 19.3 Å². The molecule has 2 heterocycles. The molecule has 5 rings (SSSR count). The van der Waals surface area contributed by atoms with Crippen LogP contribution in [0.3, 0.4) is 0 Å². The predicted molar refractivity (Wildman–Crippen MR) is 153 cm³/mol. The summed E-state index contributed by atoms with van der Waals surface area (Å²) in [4.78, 5) is 32.3. The number of hydrogen-bond acceptors (Lipinski definition) is 6. The first-order valence-corrected chi connectivity index (χ1v) is 13.9. The van der Waals surface area contributed by atoms with Gasteiger partial charge in [0.1, 0.15) is 12.3 Å². The Morgan fingerprint density at radius 3 is 2.44 bits per heavy atom. The average molecular weight is 569 g/mol. The fraction of sp³-hybridized carbons (Fsp3) is 0.379. The van der Waals surface area contributed by atoms with Gasteiger partial charge in [-0.05, 0) is 79.8 Å². The molecular weight excluding hydrogens is 537 g/mol. The number of aromatic nitrogens is 2. The van der Waals surface area contributed by atoms with Crippen molar-refractivity contribution in [3.05, 3.63) is 70.2 Å². The van der Waals surface area contributed by atoms with Crippen LogP contribution >= 0.6 is 23.2 Å². The number of hydrogen-bond donors (Lipinski definition) is 0. The molecule has 0 N–H and O–H groups in total. The number of anilines is 1. The minimum Gasteiger partial charge on any atom is -0.497 e. The lowest BCUT2D eigenvalue weighted by atomic mass is 10.1. The molecule has 39 heavy (non-hydrogen) atoms. The quantitative estimate of drug-likeness (QED) is 0.379. The Morgan fingerprint density at radius 2 is 1.77 bits per heavy atom. The Morgan fingerprint density at radius 1 is 0.974 bits per heavy atom. The van der Waals surface area contributed by atoms with Gasteiger partial charge in [-0.2, -0.15) is 0 Å². The van der Waals surface area contributed by atoms with Gasteiger partial charge in [0.25, 0.3) is 5.91 Å². The SMILES string of the molecule is COc1ccc(-c2ccc(N3CCCN(C(=O)CN(CC4CC4)C(=O)c4ccc(Cl)cc4Cl)CC3)nn2)cc1. The van der Waals surface area contributed by atoms with Crippen LogP contribution in [0.25, 0.3) is 11.3 Å². The van der Waals surface area contributed by atoms with Crippen LogP contribution in [0.1, 0.15) is 29.6 Å². The van der Waals surface area contributed by atoms with Gasteiger partial charge in [0.05, 0.1) is 23.4 Å². The second-order valence-corrected chi connectivity index (χ2v) is 10.8. The van der Waals surface area contributed by atoms with Crippen molar-refractivity contribution in [2.75, 3.05) is 51.3 Å². The molecule has 8 nitrogen and oxygen atoms in total. The maximum absolute atomic E-state index is 13.4. The van der Waals surface area contributed by atoms with E-state index in [4.69, 9.17) is 27.9 Å². The molecule has 1 saturated heterocycles. The molecule has 0 bridgehead atoms. The van der Waals surface area contributed by atoms with Crippen LogP contribution in [0.5, 0.6) is 5.75 Å². The van der Waals surface area contributed by atoms with Crippen LogP contribution < -0.4 is 9.64 Å². The van der Waals surface area contributed by atoms with E-state index in [-0.39, 0.29) is 18.4 Å². The Hall–Kier alpha value is -3.36. The number of carbonyl (C=O) groups excluding carboxylic acids is 2. The van der Waals surface area contributed by atoms with Crippen LogP contribution in [0.4, 0.5) is 5.82 Å². The molecule has 0 unspecified atom stereocenters. The van der Waals surface area contributed by atoms with E-state index in [0.717, 1.165) is 48.6 Å². The van der Waals surface area contributed by atoms with Crippen molar-refractivity contribution < 1.29 is 14.3 Å². The molecule has 204 valence electrons. The lowest BCUT2D eigenvalue weighted by molar-refractivity contribution is -0.131. The molecule has 0 radical (unpaired) electrons. The van der Waals surface area contributed by atoms with Gasteiger partial charge in [-0.3, -0.25) is 9.59 Å². The molecule has 2 amide bonds. The minimum absolute atomic E-state index is 0.0324. The van der Waals surface area contributed by atoms with Crippen LogP contribution in [0.15, 0.2) is 54.6 Å². The summed E-state index contributed by atoms with van der Waals surface area (Å²) in [7, 11) is 1.64. The summed E-state index contributed by atoms with van der Waals surface area (Å²) in [5.41, 5.74) is 2.12. The second kappa shape index (κ2) is 12.2. The minimum atomic E-state index is -0.236. The van der Waals surface area contributed by atoms with Gasteiger partial charge >= 0.3 is 0 Å². The Balaban J connectivity index is 1.21. The predicted octanol–water partition coefficient (Wildman–Crippen LogP) is 5.05. The molecule has 2 aromatic carbocycles. The largest absolute Gasteiger partial charge is 0.497 e. The molecule has 1 saturated carbocycles. The Kier molecular flexibility index (Phi) is 8.53. The fourth-order valence-electron chi connectivity index (χ4n) is 4.73. The van der Waals surface area contributed by atoms with Crippen LogP contribution in [-0.4, -0.2) is 78.2 Å². The van der Waals surface area contributed by atoms with Crippen molar-refractivity contribution in [3.8, 4) is 17.0 Å². The first kappa shape index (κ1) is 27.2. The van der Waals surface area contributed by atoms with E-state index in [0.29, 0.717) is 47.7 Å². The molecule has 0 atom stereocenters. The zero-order valence-electron chi connectivity index (χ0n) is 21.9. The third-order valence-electron chi connectivity index (χ3n) is 7.16. The highest BCUT2D eigenvalue weighted by Crippen LogP contribution is 2.31. The molecule has 10 heteroatoms. The van der Waals surface area contributed by atoms with E-state index >= 15 is 0 Å². The summed E-state index contributed by atoms with van der Waals surface area (Å²) >= 11 is 12.3. The summed E-state index contributed by atoms with van der Waals surface area (Å²) in [6.45, 7) is 3.17. The fourth-order valence-corrected chi connectivity index (χ4v) is 5.22. The number of halogens is 2. The van der Waals surface area contributed by atoms with Crippen LogP contribution in [-0.2, 0) is 4.79 Å². The number of rotatable bonds is 8. The van der Waals surface area contributed by atoms with E-state index in [1.807, 2.05) is 41.3 Å². The van der Waals surface area contributed by atoms with Gasteiger partial charge < -0.3 is 19.4 Å². The third kappa shape index (κ3) is 6.81. The summed E-state index contributed by atoms with van der Waals surface area (Å²) in [6, 6.07) is 16.5. The van der Waals surface area contributed by atoms with E-state index in [9.17, 15) is 9.59 Å². The molecule has 2 aliphatic rings. The highest BCUT2D eigenvalue weighted by atomic mass is 35.5. The maximum Gasteiger partial charge on any atom is 0.255 e. The molecular formula is C29H31Cl2N5O3. The van der Waals surface area contributed by atoms with Gasteiger partial charge in [0, 0.05) is 43.3 Å². The maximum atomic E-state index is 13.4. The molecule has 2 fully saturated rings. The van der Waals surface area contributed by atoms with E-state index in [1.165, 1.54) is 0 Å². The monoisotopic (exact) mass is 567 g/mol. The molecule has 3 aromatic rings. The van der Waals surface area contributed by atoms with Crippen molar-refractivity contribution in [1.29, 1.82) is 0 Å². The van der Waals surface area contributed by atoms with Gasteiger partial charge in [0.15, 0.2) is 5.82 Å². The lowest BCUT2D eigenvalue weighted by Crippen LogP contribution is -2.45. The highest BCUT2D eigenvalue weighted by Gasteiger charge is 2.31. The van der Waals surface area contributed by atoms with Gasteiger partial charge in [-0.15, -0.1) is 10.2 Å². The number of benzene rings is 2. The zero-order chi connectivity index (χ0) is 27.4. The second-order valence-electron chi connectivity index (χ2n) is 9.98. The summed E-state index contributed by atoms with van der Waals surface area (Å²) in [5.74, 6) is 1.72. The van der Waals surface area contributed by atoms with Gasteiger partial charge in [0.2, 0.25) is 5.91 Å². The molecule has 0 spiro atoms. The zero-order valence-corrected chi connectivity index (χ0v) is 23.4. The summed E-state index contributed by atoms with van der Waals surface area (Å²) in [5, 5.41) is 9.64. The van der Waals surface area contributed by atoms with Crippen molar-refractivity contribution >= 4 is 40.8 Å². The van der Waals surface area contributed by atoms with Crippen molar-refractivity contribution in [1.82, 2.24) is 20.0 Å². The standard InChI is InChI=1S/C29H31Cl2N5O3/c1-39-23-8-5-21(6-9-23)26-11-12-27(33-32-26)34-13-2-14-35(16-15-34)28(37)19-36(18-20-3-4-20)29(38)24-10-7-22(30)17-25(24)31/h5-12,17,20H,2-4,13-16,18-19H2,1H3. The third-order valence-corrected chi connectivity index (χ3v) is 7.71. The normalized spacial score (nSPS) is 15.6. The van der Waals surface area contributed by atoms with Crippen molar-refractivity contribution in [3.63, 3.8) is 0 Å². The highest BCUT2D eigenvalue weighted by molar-refractivity contribution is 6.36. The van der Waals surface area contributed by atoms with Gasteiger partial charge in [-0.25, -0.2) is 0 Å². The smallest absolute Gasteiger partial charge is 0.255 e. The number of nitrogens with zero attached hydrogens (tertiary/aromatic N) is 5. The number of carbonyl (C=O) groups is 2. The molecule has 1 aromatic heterocycles. The Bertz CT molecular complexity index is 1320. The lowest BCUT2D eigenvalue weighted by Gasteiger charge is -2.27. The molecule has 1 aliphatic heterocycles. The number of amides is 2. The molecule has 1 aliphatic carbocycles. The first-order chi connectivity index (χ1) is 18.9. The van der Waals surface area contributed by atoms with Gasteiger partial charge in [-0.1, -0.05) is 23.2 Å². The van der Waals surface area contributed by atoms with E-state index in [2.05, 4.69) is 15.1 Å². The van der Waals surface area contributed by atoms with Crippen molar-refractivity contribution in [2.24, 2.45) is 5.92 Å². The van der Waals surface area contributed by atoms with Crippen LogP contribution in [0.2, 0.25) is 10.0 Å². The Labute approximate surface area is 238 Å².